The van der Waals surface area contributed by atoms with Gasteiger partial charge in [0.2, 0.25) is 0 Å². The van der Waals surface area contributed by atoms with E-state index in [9.17, 15) is 4.79 Å². The summed E-state index contributed by atoms with van der Waals surface area (Å²) < 4.78 is 0. The van der Waals surface area contributed by atoms with Crippen molar-refractivity contribution in [2.75, 3.05) is 13.1 Å². The van der Waals surface area contributed by atoms with E-state index in [0.717, 1.165) is 25.1 Å². The van der Waals surface area contributed by atoms with E-state index in [2.05, 4.69) is 31.3 Å². The predicted molar refractivity (Wildman–Crippen MR) is 75.1 cm³/mol. The number of rotatable bonds is 5. The van der Waals surface area contributed by atoms with Gasteiger partial charge in [0.1, 0.15) is 0 Å². The highest BCUT2D eigenvalue weighted by molar-refractivity contribution is 5.96. The summed E-state index contributed by atoms with van der Waals surface area (Å²) in [4.78, 5) is 12.1. The van der Waals surface area contributed by atoms with E-state index in [4.69, 9.17) is 0 Å². The standard InChI is InChI=1S/C16H23NO/c1-12(2)14-4-6-15(7-5-14)16(18)8-3-13-9-10-17-11-13/h4-7,12-13,17H,3,8-11H2,1-2H3. The third-order valence-corrected chi connectivity index (χ3v) is 3.84. The lowest BCUT2D eigenvalue weighted by molar-refractivity contribution is 0.0974. The molecule has 0 aromatic heterocycles. The third-order valence-electron chi connectivity index (χ3n) is 3.84. The van der Waals surface area contributed by atoms with Gasteiger partial charge < -0.3 is 5.32 Å². The van der Waals surface area contributed by atoms with Crippen LogP contribution in [0.5, 0.6) is 0 Å². The van der Waals surface area contributed by atoms with Crippen molar-refractivity contribution in [3.05, 3.63) is 35.4 Å². The van der Waals surface area contributed by atoms with Crippen molar-refractivity contribution in [1.82, 2.24) is 5.32 Å². The fourth-order valence-electron chi connectivity index (χ4n) is 2.49. The SMILES string of the molecule is CC(C)c1ccc(C(=O)CCC2CCNC2)cc1. The molecular weight excluding hydrogens is 222 g/mol. The van der Waals surface area contributed by atoms with Crippen LogP contribution in [0.4, 0.5) is 0 Å². The van der Waals surface area contributed by atoms with Crippen molar-refractivity contribution in [2.45, 2.75) is 39.0 Å². The van der Waals surface area contributed by atoms with Crippen molar-refractivity contribution in [1.29, 1.82) is 0 Å². The smallest absolute Gasteiger partial charge is 0.162 e. The van der Waals surface area contributed by atoms with Crippen LogP contribution in [-0.4, -0.2) is 18.9 Å². The van der Waals surface area contributed by atoms with Gasteiger partial charge in [0, 0.05) is 12.0 Å². The van der Waals surface area contributed by atoms with Crippen molar-refractivity contribution in [3.63, 3.8) is 0 Å². The molecule has 1 fully saturated rings. The fourth-order valence-corrected chi connectivity index (χ4v) is 2.49. The molecule has 0 radical (unpaired) electrons. The summed E-state index contributed by atoms with van der Waals surface area (Å²) in [6, 6.07) is 8.11. The van der Waals surface area contributed by atoms with Crippen LogP contribution in [0.2, 0.25) is 0 Å². The zero-order chi connectivity index (χ0) is 13.0. The first-order valence-corrected chi connectivity index (χ1v) is 7.00. The summed E-state index contributed by atoms with van der Waals surface area (Å²) in [7, 11) is 0. The van der Waals surface area contributed by atoms with Crippen LogP contribution >= 0.6 is 0 Å². The summed E-state index contributed by atoms with van der Waals surface area (Å²) in [5.41, 5.74) is 2.16. The molecule has 1 N–H and O–H groups in total. The second-order valence-corrected chi connectivity index (χ2v) is 5.60. The highest BCUT2D eigenvalue weighted by atomic mass is 16.1. The Hall–Kier alpha value is -1.15. The number of nitrogens with one attached hydrogen (secondary N) is 1. The van der Waals surface area contributed by atoms with Crippen LogP contribution in [-0.2, 0) is 0 Å². The van der Waals surface area contributed by atoms with Crippen LogP contribution < -0.4 is 5.32 Å². The number of benzene rings is 1. The molecule has 1 atom stereocenters. The van der Waals surface area contributed by atoms with Crippen molar-refractivity contribution >= 4 is 5.78 Å². The van der Waals surface area contributed by atoms with Crippen LogP contribution in [0.3, 0.4) is 0 Å². The van der Waals surface area contributed by atoms with E-state index in [1.807, 2.05) is 12.1 Å². The average Bonchev–Trinajstić information content (AvgIpc) is 2.89. The van der Waals surface area contributed by atoms with Gasteiger partial charge in [-0.15, -0.1) is 0 Å². The Labute approximate surface area is 110 Å². The van der Waals surface area contributed by atoms with Crippen LogP contribution in [0.25, 0.3) is 0 Å². The van der Waals surface area contributed by atoms with E-state index in [1.54, 1.807) is 0 Å². The predicted octanol–water partition coefficient (Wildman–Crippen LogP) is 3.38. The summed E-state index contributed by atoms with van der Waals surface area (Å²) in [5.74, 6) is 1.51. The van der Waals surface area contributed by atoms with Crippen LogP contribution in [0.1, 0.15) is 54.9 Å². The van der Waals surface area contributed by atoms with Gasteiger partial charge in [0.15, 0.2) is 5.78 Å². The van der Waals surface area contributed by atoms with E-state index in [1.165, 1.54) is 12.0 Å². The van der Waals surface area contributed by atoms with E-state index in [0.29, 0.717) is 18.3 Å². The van der Waals surface area contributed by atoms with Gasteiger partial charge in [-0.25, -0.2) is 0 Å². The first kappa shape index (κ1) is 13.3. The molecule has 2 heteroatoms. The monoisotopic (exact) mass is 245 g/mol. The Balaban J connectivity index is 1.87. The average molecular weight is 245 g/mol. The number of carbonyl (C=O) groups excluding carboxylic acids is 1. The molecule has 0 bridgehead atoms. The molecule has 2 rings (SSSR count). The van der Waals surface area contributed by atoms with E-state index in [-0.39, 0.29) is 5.78 Å². The maximum Gasteiger partial charge on any atom is 0.162 e. The lowest BCUT2D eigenvalue weighted by Gasteiger charge is -2.08. The molecule has 1 unspecified atom stereocenters. The molecule has 98 valence electrons. The van der Waals surface area contributed by atoms with Crippen molar-refractivity contribution in [3.8, 4) is 0 Å². The first-order chi connectivity index (χ1) is 8.66. The Morgan fingerprint density at radius 2 is 2.06 bits per heavy atom. The summed E-state index contributed by atoms with van der Waals surface area (Å²) >= 11 is 0. The maximum atomic E-state index is 12.1. The summed E-state index contributed by atoms with van der Waals surface area (Å²) in [6.45, 7) is 6.54. The fraction of sp³-hybridized carbons (Fsp3) is 0.562. The Morgan fingerprint density at radius 1 is 1.33 bits per heavy atom. The second-order valence-electron chi connectivity index (χ2n) is 5.60. The highest BCUT2D eigenvalue weighted by Crippen LogP contribution is 2.18. The maximum absolute atomic E-state index is 12.1. The number of hydrogen-bond donors (Lipinski definition) is 1. The van der Waals surface area contributed by atoms with E-state index < -0.39 is 0 Å². The van der Waals surface area contributed by atoms with Gasteiger partial charge in [-0.2, -0.15) is 0 Å². The van der Waals surface area contributed by atoms with Gasteiger partial charge >= 0.3 is 0 Å². The van der Waals surface area contributed by atoms with Gasteiger partial charge in [0.25, 0.3) is 0 Å². The molecule has 0 amide bonds. The van der Waals surface area contributed by atoms with Crippen LogP contribution in [0, 0.1) is 5.92 Å². The molecule has 18 heavy (non-hydrogen) atoms. The molecule has 1 heterocycles. The Morgan fingerprint density at radius 3 is 2.61 bits per heavy atom. The Kier molecular flexibility index (Phi) is 4.54. The minimum absolute atomic E-state index is 0.289. The van der Waals surface area contributed by atoms with E-state index >= 15 is 0 Å². The molecule has 1 aromatic rings. The summed E-state index contributed by atoms with van der Waals surface area (Å²) in [6.07, 6.45) is 2.94. The van der Waals surface area contributed by atoms with Crippen LogP contribution in [0.15, 0.2) is 24.3 Å². The molecule has 0 saturated carbocycles. The third kappa shape index (κ3) is 3.42. The van der Waals surface area contributed by atoms with Gasteiger partial charge in [-0.3, -0.25) is 4.79 Å². The molecular formula is C16H23NO. The first-order valence-electron chi connectivity index (χ1n) is 7.00. The number of carbonyl (C=O) groups is 1. The quantitative estimate of drug-likeness (QED) is 0.806. The second kappa shape index (κ2) is 6.14. The zero-order valence-electron chi connectivity index (χ0n) is 11.4. The van der Waals surface area contributed by atoms with Gasteiger partial charge in [0.05, 0.1) is 0 Å². The van der Waals surface area contributed by atoms with Crippen molar-refractivity contribution in [2.24, 2.45) is 5.92 Å². The molecule has 1 aliphatic heterocycles. The molecule has 2 nitrogen and oxygen atoms in total. The lowest BCUT2D eigenvalue weighted by Crippen LogP contribution is -2.10. The molecule has 1 saturated heterocycles. The number of ketones is 1. The van der Waals surface area contributed by atoms with Gasteiger partial charge in [-0.1, -0.05) is 38.1 Å². The normalized spacial score (nSPS) is 19.4. The Bertz CT molecular complexity index is 388. The largest absolute Gasteiger partial charge is 0.316 e. The molecule has 0 spiro atoms. The molecule has 1 aromatic carbocycles. The lowest BCUT2D eigenvalue weighted by atomic mass is 9.96. The highest BCUT2D eigenvalue weighted by Gasteiger charge is 2.16. The van der Waals surface area contributed by atoms with Gasteiger partial charge in [-0.05, 0) is 43.3 Å². The molecule has 1 aliphatic rings. The number of Topliss-reactive ketones (excluding diaryl/α,β-unsaturated/α-hetero) is 1. The zero-order valence-corrected chi connectivity index (χ0v) is 11.4. The molecule has 0 aliphatic carbocycles. The van der Waals surface area contributed by atoms with Crippen molar-refractivity contribution < 1.29 is 4.79 Å². The minimum atomic E-state index is 0.289. The summed E-state index contributed by atoms with van der Waals surface area (Å²) in [5, 5.41) is 3.34. The topological polar surface area (TPSA) is 29.1 Å². The number of hydrogen-bond acceptors (Lipinski definition) is 2. The minimum Gasteiger partial charge on any atom is -0.316 e.